The van der Waals surface area contributed by atoms with Crippen molar-refractivity contribution < 1.29 is 9.53 Å². The van der Waals surface area contributed by atoms with Crippen molar-refractivity contribution in [1.82, 2.24) is 34.5 Å². The molecule has 5 rings (SSSR count). The van der Waals surface area contributed by atoms with E-state index in [9.17, 15) is 10.1 Å². The van der Waals surface area contributed by atoms with Gasteiger partial charge in [0.05, 0.1) is 35.1 Å². The van der Waals surface area contributed by atoms with Gasteiger partial charge < -0.3 is 10.1 Å². The van der Waals surface area contributed by atoms with Gasteiger partial charge in [-0.3, -0.25) is 9.36 Å². The van der Waals surface area contributed by atoms with Crippen molar-refractivity contribution in [2.24, 2.45) is 0 Å². The van der Waals surface area contributed by atoms with Gasteiger partial charge in [-0.25, -0.2) is 14.6 Å². The van der Waals surface area contributed by atoms with E-state index in [0.717, 1.165) is 11.2 Å². The molecule has 0 unspecified atom stereocenters. The first-order valence-corrected chi connectivity index (χ1v) is 11.0. The fourth-order valence-electron chi connectivity index (χ4n) is 3.84. The van der Waals surface area contributed by atoms with Crippen LogP contribution >= 0.6 is 0 Å². The molecule has 1 N–H and O–H groups in total. The topological polar surface area (TPSA) is 136 Å². The van der Waals surface area contributed by atoms with E-state index < -0.39 is 0 Å². The summed E-state index contributed by atoms with van der Waals surface area (Å²) in [6, 6.07) is 14.5. The largest absolute Gasteiger partial charge is 0.494 e. The molecular formula is C25H21N9O2. The number of aryl methyl sites for hydroxylation is 2. The smallest absolute Gasteiger partial charge is 0.166 e. The van der Waals surface area contributed by atoms with E-state index >= 15 is 0 Å². The van der Waals surface area contributed by atoms with Crippen molar-refractivity contribution >= 4 is 28.3 Å². The predicted octanol–water partition coefficient (Wildman–Crippen LogP) is 3.84. The molecule has 11 nitrogen and oxygen atoms in total. The molecule has 11 heteroatoms. The zero-order chi connectivity index (χ0) is 25.4. The molecule has 0 bridgehead atoms. The number of benzene rings is 1. The molecule has 0 spiro atoms. The van der Waals surface area contributed by atoms with E-state index in [1.165, 1.54) is 11.6 Å². The number of methoxy groups -OCH3 is 1. The van der Waals surface area contributed by atoms with Crippen LogP contribution in [-0.2, 0) is 0 Å². The molecule has 1 aromatic carbocycles. The summed E-state index contributed by atoms with van der Waals surface area (Å²) < 4.78 is 8.92. The summed E-state index contributed by atoms with van der Waals surface area (Å²) in [7, 11) is 1.58. The number of hydrogen-bond donors (Lipinski definition) is 1. The lowest BCUT2D eigenvalue weighted by molar-refractivity contribution is 0.101. The number of anilines is 2. The number of carbonyl (C=O) groups is 1. The Hall–Kier alpha value is -5.11. The highest BCUT2D eigenvalue weighted by atomic mass is 16.5. The zero-order valence-electron chi connectivity index (χ0n) is 20.0. The maximum atomic E-state index is 12.3. The summed E-state index contributed by atoms with van der Waals surface area (Å²) in [5.41, 5.74) is 4.26. The van der Waals surface area contributed by atoms with Crippen molar-refractivity contribution in [2.75, 3.05) is 12.4 Å². The molecule has 0 aliphatic heterocycles. The number of ketones is 1. The van der Waals surface area contributed by atoms with Gasteiger partial charge in [0, 0.05) is 11.8 Å². The van der Waals surface area contributed by atoms with Gasteiger partial charge in [-0.05, 0) is 57.2 Å². The van der Waals surface area contributed by atoms with Gasteiger partial charge in [-0.2, -0.15) is 15.5 Å². The lowest BCUT2D eigenvalue weighted by atomic mass is 10.2. The normalized spacial score (nSPS) is 10.9. The van der Waals surface area contributed by atoms with Crippen LogP contribution < -0.4 is 10.1 Å². The summed E-state index contributed by atoms with van der Waals surface area (Å²) in [6.07, 6.45) is 1.65. The number of aromatic nitrogens is 7. The molecule has 5 aromatic rings. The Bertz CT molecular complexity index is 1660. The second-order valence-electron chi connectivity index (χ2n) is 8.13. The molecule has 0 atom stereocenters. The molecule has 0 aliphatic rings. The first-order valence-electron chi connectivity index (χ1n) is 11.0. The van der Waals surface area contributed by atoms with Crippen LogP contribution in [0, 0.1) is 25.2 Å². The number of imidazole rings is 1. The number of Topliss-reactive ketones (excluding diaryl/α,β-unsaturated/α-hetero) is 1. The second-order valence-corrected chi connectivity index (χ2v) is 8.13. The Kier molecular flexibility index (Phi) is 5.62. The highest BCUT2D eigenvalue weighted by molar-refractivity contribution is 5.97. The van der Waals surface area contributed by atoms with E-state index in [0.29, 0.717) is 45.7 Å². The minimum Gasteiger partial charge on any atom is -0.494 e. The van der Waals surface area contributed by atoms with Crippen LogP contribution in [0.15, 0.2) is 48.8 Å². The number of hydrogen-bond acceptors (Lipinski definition) is 9. The molecule has 0 saturated carbocycles. The predicted molar refractivity (Wildman–Crippen MR) is 132 cm³/mol. The van der Waals surface area contributed by atoms with E-state index in [4.69, 9.17) is 9.72 Å². The molecule has 178 valence electrons. The number of carbonyl (C=O) groups excluding carboxylic acids is 1. The summed E-state index contributed by atoms with van der Waals surface area (Å²) in [6.45, 7) is 5.14. The lowest BCUT2D eigenvalue weighted by Gasteiger charge is -2.13. The molecular weight excluding hydrogens is 458 g/mol. The SMILES string of the molecule is COc1cc2c(cc1Nc1ccc(C)nn1)ncn2-c1ccc(C(C)=O)c(-n2nc(C#N)cc2C)n1. The number of rotatable bonds is 6. The fourth-order valence-corrected chi connectivity index (χ4v) is 3.84. The van der Waals surface area contributed by atoms with Gasteiger partial charge in [-0.15, -0.1) is 5.10 Å². The molecule has 0 fully saturated rings. The quantitative estimate of drug-likeness (QED) is 0.360. The molecule has 0 amide bonds. The highest BCUT2D eigenvalue weighted by Crippen LogP contribution is 2.33. The third-order valence-corrected chi connectivity index (χ3v) is 5.62. The van der Waals surface area contributed by atoms with Crippen LogP contribution in [0.25, 0.3) is 22.7 Å². The van der Waals surface area contributed by atoms with E-state index in [1.807, 2.05) is 37.3 Å². The number of ether oxygens (including phenoxy) is 1. The van der Waals surface area contributed by atoms with E-state index in [2.05, 4.69) is 25.6 Å². The average Bonchev–Trinajstić information content (AvgIpc) is 3.47. The van der Waals surface area contributed by atoms with Crippen molar-refractivity contribution in [2.45, 2.75) is 20.8 Å². The summed E-state index contributed by atoms with van der Waals surface area (Å²) in [4.78, 5) is 21.6. The number of nitriles is 1. The van der Waals surface area contributed by atoms with Gasteiger partial charge in [0.15, 0.2) is 23.1 Å². The van der Waals surface area contributed by atoms with Gasteiger partial charge >= 0.3 is 0 Å². The first-order chi connectivity index (χ1) is 17.4. The monoisotopic (exact) mass is 479 g/mol. The number of nitrogens with one attached hydrogen (secondary N) is 1. The van der Waals surface area contributed by atoms with Crippen LogP contribution in [-0.4, -0.2) is 47.4 Å². The Labute approximate surface area is 206 Å². The van der Waals surface area contributed by atoms with Crippen LogP contribution in [0.3, 0.4) is 0 Å². The summed E-state index contributed by atoms with van der Waals surface area (Å²) in [5, 5.41) is 25.0. The summed E-state index contributed by atoms with van der Waals surface area (Å²) in [5.74, 6) is 1.86. The van der Waals surface area contributed by atoms with Crippen molar-refractivity contribution in [3.05, 3.63) is 71.4 Å². The minimum absolute atomic E-state index is 0.162. The third kappa shape index (κ3) is 4.01. The molecule has 4 heterocycles. The van der Waals surface area contributed by atoms with Crippen molar-refractivity contribution in [1.29, 1.82) is 5.26 Å². The van der Waals surface area contributed by atoms with Gasteiger partial charge in [-0.1, -0.05) is 0 Å². The maximum Gasteiger partial charge on any atom is 0.166 e. The van der Waals surface area contributed by atoms with Crippen molar-refractivity contribution in [3.63, 3.8) is 0 Å². The van der Waals surface area contributed by atoms with Crippen LogP contribution in [0.1, 0.15) is 34.4 Å². The first kappa shape index (κ1) is 22.7. The molecule has 0 radical (unpaired) electrons. The number of nitrogens with zero attached hydrogens (tertiary/aromatic N) is 8. The van der Waals surface area contributed by atoms with E-state index in [-0.39, 0.29) is 11.5 Å². The number of pyridine rings is 1. The van der Waals surface area contributed by atoms with Gasteiger partial charge in [0.2, 0.25) is 0 Å². The maximum absolute atomic E-state index is 12.3. The fraction of sp³-hybridized carbons (Fsp3) is 0.160. The van der Waals surface area contributed by atoms with E-state index in [1.54, 1.807) is 43.1 Å². The second kappa shape index (κ2) is 8.92. The van der Waals surface area contributed by atoms with Crippen molar-refractivity contribution in [3.8, 4) is 23.5 Å². The standard InChI is InChI=1S/C25H21N9O2/c1-14-5-7-23(31-30-14)28-20-10-19-21(11-22(20)36-4)33(13-27-19)24-8-6-18(16(3)35)25(29-24)34-15(2)9-17(12-26)32-34/h5-11,13H,1-4H3,(H,28,31). The summed E-state index contributed by atoms with van der Waals surface area (Å²) >= 11 is 0. The van der Waals surface area contributed by atoms with Crippen LogP contribution in [0.4, 0.5) is 11.5 Å². The van der Waals surface area contributed by atoms with Crippen LogP contribution in [0.5, 0.6) is 5.75 Å². The third-order valence-electron chi connectivity index (χ3n) is 5.62. The van der Waals surface area contributed by atoms with Gasteiger partial charge in [0.25, 0.3) is 0 Å². The molecule has 0 saturated heterocycles. The molecule has 0 aliphatic carbocycles. The average molecular weight is 480 g/mol. The lowest BCUT2D eigenvalue weighted by Crippen LogP contribution is -2.11. The Morgan fingerprint density at radius 3 is 2.61 bits per heavy atom. The van der Waals surface area contributed by atoms with Crippen LogP contribution in [0.2, 0.25) is 0 Å². The zero-order valence-corrected chi connectivity index (χ0v) is 20.0. The Morgan fingerprint density at radius 1 is 1.11 bits per heavy atom. The minimum atomic E-state index is -0.162. The number of fused-ring (bicyclic) bond motifs is 1. The van der Waals surface area contributed by atoms with Gasteiger partial charge in [0.1, 0.15) is 24.0 Å². The molecule has 4 aromatic heterocycles. The highest BCUT2D eigenvalue weighted by Gasteiger charge is 2.18. The Balaban J connectivity index is 1.61. The molecule has 36 heavy (non-hydrogen) atoms. The Morgan fingerprint density at radius 2 is 1.94 bits per heavy atom.